The van der Waals surface area contributed by atoms with Gasteiger partial charge in [0.05, 0.1) is 0 Å². The summed E-state index contributed by atoms with van der Waals surface area (Å²) in [6, 6.07) is 7.83. The highest BCUT2D eigenvalue weighted by Gasteiger charge is 2.12. The van der Waals surface area contributed by atoms with Crippen LogP contribution in [0.4, 0.5) is 0 Å². The van der Waals surface area contributed by atoms with Crippen molar-refractivity contribution in [3.8, 4) is 5.75 Å². The van der Waals surface area contributed by atoms with E-state index >= 15 is 0 Å². The second-order valence-corrected chi connectivity index (χ2v) is 4.84. The zero-order valence-corrected chi connectivity index (χ0v) is 12.8. The summed E-state index contributed by atoms with van der Waals surface area (Å²) < 4.78 is 5.56. The fourth-order valence-electron chi connectivity index (χ4n) is 2.05. The molecule has 1 aromatic rings. The summed E-state index contributed by atoms with van der Waals surface area (Å²) in [6.07, 6.45) is 1.95. The number of carbonyl (C=O) groups excluding carboxylic acids is 1. The highest BCUT2D eigenvalue weighted by atomic mass is 16.5. The molecular formula is C16H26N2O2. The van der Waals surface area contributed by atoms with Crippen molar-refractivity contribution in [2.45, 2.75) is 33.2 Å². The summed E-state index contributed by atoms with van der Waals surface area (Å²) in [5.74, 6) is 0.805. The fourth-order valence-corrected chi connectivity index (χ4v) is 2.05. The van der Waals surface area contributed by atoms with E-state index in [1.54, 1.807) is 0 Å². The Kier molecular flexibility index (Phi) is 7.73. The third-order valence-corrected chi connectivity index (χ3v) is 3.01. The number of rotatable bonds is 9. The lowest BCUT2D eigenvalue weighted by atomic mass is 10.2. The summed E-state index contributed by atoms with van der Waals surface area (Å²) in [5.41, 5.74) is 1.20. The fraction of sp³-hybridized carbons (Fsp3) is 0.562. The molecule has 0 aliphatic rings. The molecule has 1 aromatic carbocycles. The van der Waals surface area contributed by atoms with Gasteiger partial charge in [0.1, 0.15) is 5.75 Å². The van der Waals surface area contributed by atoms with Crippen LogP contribution in [0.15, 0.2) is 24.3 Å². The van der Waals surface area contributed by atoms with Crippen molar-refractivity contribution >= 4 is 5.91 Å². The van der Waals surface area contributed by atoms with Crippen molar-refractivity contribution in [3.05, 3.63) is 29.8 Å². The Hall–Kier alpha value is -1.55. The molecule has 0 heterocycles. The van der Waals surface area contributed by atoms with Crippen molar-refractivity contribution in [2.24, 2.45) is 0 Å². The topological polar surface area (TPSA) is 41.6 Å². The van der Waals surface area contributed by atoms with Gasteiger partial charge in [-0.05, 0) is 37.6 Å². The van der Waals surface area contributed by atoms with Crippen LogP contribution >= 0.6 is 0 Å². The van der Waals surface area contributed by atoms with Crippen LogP contribution in [0.2, 0.25) is 0 Å². The smallest absolute Gasteiger partial charge is 0.260 e. The number of nitrogens with one attached hydrogen (secondary N) is 1. The molecule has 1 rings (SSSR count). The maximum atomic E-state index is 12.1. The molecule has 1 N–H and O–H groups in total. The first-order chi connectivity index (χ1) is 9.71. The Morgan fingerprint density at radius 2 is 1.75 bits per heavy atom. The van der Waals surface area contributed by atoms with Crippen LogP contribution in [-0.4, -0.2) is 37.6 Å². The average molecular weight is 278 g/mol. The van der Waals surface area contributed by atoms with Gasteiger partial charge in [-0.3, -0.25) is 4.79 Å². The lowest BCUT2D eigenvalue weighted by molar-refractivity contribution is -0.133. The summed E-state index contributed by atoms with van der Waals surface area (Å²) >= 11 is 0. The minimum absolute atomic E-state index is 0.0630. The van der Waals surface area contributed by atoms with Gasteiger partial charge in [-0.2, -0.15) is 0 Å². The highest BCUT2D eigenvalue weighted by Crippen LogP contribution is 2.12. The molecule has 4 heteroatoms. The van der Waals surface area contributed by atoms with Gasteiger partial charge in [-0.15, -0.1) is 0 Å². The molecule has 0 bridgehead atoms. The predicted octanol–water partition coefficient (Wildman–Crippen LogP) is 2.43. The van der Waals surface area contributed by atoms with Gasteiger partial charge in [-0.1, -0.05) is 26.0 Å². The number of nitrogens with zero attached hydrogens (tertiary/aromatic N) is 1. The largest absolute Gasteiger partial charge is 0.484 e. The van der Waals surface area contributed by atoms with Crippen molar-refractivity contribution in [2.75, 3.05) is 26.7 Å². The van der Waals surface area contributed by atoms with Crippen LogP contribution in [0.25, 0.3) is 0 Å². The summed E-state index contributed by atoms with van der Waals surface area (Å²) in [6.45, 7) is 6.72. The van der Waals surface area contributed by atoms with E-state index in [2.05, 4.69) is 19.2 Å². The van der Waals surface area contributed by atoms with E-state index in [0.717, 1.165) is 38.2 Å². The number of amides is 1. The normalized spacial score (nSPS) is 10.3. The van der Waals surface area contributed by atoms with E-state index in [1.807, 2.05) is 36.2 Å². The number of ether oxygens (including phenoxy) is 1. The number of hydrogen-bond acceptors (Lipinski definition) is 3. The van der Waals surface area contributed by atoms with Crippen LogP contribution in [0, 0.1) is 0 Å². The standard InChI is InChI=1S/C16H26N2O2/c1-4-10-18(11-5-2)16(19)13-20-15-8-6-14(7-9-15)12-17-3/h6-9,17H,4-5,10-13H2,1-3H3. The van der Waals surface area contributed by atoms with Gasteiger partial charge in [0.25, 0.3) is 5.91 Å². The SMILES string of the molecule is CCCN(CCC)C(=O)COc1ccc(CNC)cc1. The van der Waals surface area contributed by atoms with E-state index in [-0.39, 0.29) is 12.5 Å². The first-order valence-corrected chi connectivity index (χ1v) is 7.35. The van der Waals surface area contributed by atoms with Gasteiger partial charge in [0.2, 0.25) is 0 Å². The van der Waals surface area contributed by atoms with Gasteiger partial charge in [0, 0.05) is 19.6 Å². The molecule has 112 valence electrons. The first-order valence-electron chi connectivity index (χ1n) is 7.35. The maximum absolute atomic E-state index is 12.1. The van der Waals surface area contributed by atoms with Crippen molar-refractivity contribution in [1.29, 1.82) is 0 Å². The molecule has 0 aliphatic heterocycles. The van der Waals surface area contributed by atoms with Crippen molar-refractivity contribution < 1.29 is 9.53 Å². The highest BCUT2D eigenvalue weighted by molar-refractivity contribution is 5.77. The minimum Gasteiger partial charge on any atom is -0.484 e. The zero-order valence-electron chi connectivity index (χ0n) is 12.8. The van der Waals surface area contributed by atoms with Crippen molar-refractivity contribution in [1.82, 2.24) is 10.2 Å². The summed E-state index contributed by atoms with van der Waals surface area (Å²) in [7, 11) is 1.92. The monoisotopic (exact) mass is 278 g/mol. The zero-order chi connectivity index (χ0) is 14.8. The van der Waals surface area contributed by atoms with Gasteiger partial charge < -0.3 is 15.0 Å². The molecule has 0 radical (unpaired) electrons. The molecular weight excluding hydrogens is 252 g/mol. The lowest BCUT2D eigenvalue weighted by Crippen LogP contribution is -2.36. The third-order valence-electron chi connectivity index (χ3n) is 3.01. The molecule has 0 aliphatic carbocycles. The van der Waals surface area contributed by atoms with Crippen LogP contribution in [0.1, 0.15) is 32.3 Å². The molecule has 0 saturated heterocycles. The number of carbonyl (C=O) groups is 1. The van der Waals surface area contributed by atoms with E-state index in [0.29, 0.717) is 0 Å². The first kappa shape index (κ1) is 16.5. The molecule has 0 saturated carbocycles. The van der Waals surface area contributed by atoms with Gasteiger partial charge in [0.15, 0.2) is 6.61 Å². The molecule has 0 spiro atoms. The number of benzene rings is 1. The molecule has 0 atom stereocenters. The van der Waals surface area contributed by atoms with Gasteiger partial charge in [-0.25, -0.2) is 0 Å². The third kappa shape index (κ3) is 5.61. The Morgan fingerprint density at radius 1 is 1.15 bits per heavy atom. The van der Waals surface area contributed by atoms with E-state index < -0.39 is 0 Å². The summed E-state index contributed by atoms with van der Waals surface area (Å²) in [5, 5.41) is 3.10. The Balaban J connectivity index is 2.46. The van der Waals surface area contributed by atoms with Crippen LogP contribution in [0.3, 0.4) is 0 Å². The van der Waals surface area contributed by atoms with E-state index in [1.165, 1.54) is 5.56 Å². The van der Waals surface area contributed by atoms with Crippen LogP contribution < -0.4 is 10.1 Å². The summed E-state index contributed by atoms with van der Waals surface area (Å²) in [4.78, 5) is 13.9. The predicted molar refractivity (Wildman–Crippen MR) is 81.9 cm³/mol. The van der Waals surface area contributed by atoms with E-state index in [9.17, 15) is 4.79 Å². The lowest BCUT2D eigenvalue weighted by Gasteiger charge is -2.21. The van der Waals surface area contributed by atoms with Crippen molar-refractivity contribution in [3.63, 3.8) is 0 Å². The van der Waals surface area contributed by atoms with Crippen LogP contribution in [0.5, 0.6) is 5.75 Å². The Bertz CT molecular complexity index is 384. The maximum Gasteiger partial charge on any atom is 0.260 e. The molecule has 4 nitrogen and oxygen atoms in total. The quantitative estimate of drug-likeness (QED) is 0.754. The molecule has 0 aromatic heterocycles. The minimum atomic E-state index is 0.0630. The average Bonchev–Trinajstić information content (AvgIpc) is 2.46. The molecule has 1 amide bonds. The van der Waals surface area contributed by atoms with E-state index in [4.69, 9.17) is 4.74 Å². The Morgan fingerprint density at radius 3 is 2.25 bits per heavy atom. The number of hydrogen-bond donors (Lipinski definition) is 1. The molecule has 20 heavy (non-hydrogen) atoms. The second-order valence-electron chi connectivity index (χ2n) is 4.84. The van der Waals surface area contributed by atoms with Gasteiger partial charge >= 0.3 is 0 Å². The molecule has 0 fully saturated rings. The second kappa shape index (κ2) is 9.37. The van der Waals surface area contributed by atoms with Crippen LogP contribution in [-0.2, 0) is 11.3 Å². The Labute approximate surface area is 122 Å². The molecule has 0 unspecified atom stereocenters.